The molecule has 6 heteroatoms. The number of nitrogens with zero attached hydrogens (tertiary/aromatic N) is 2. The number of aromatic nitrogens is 2. The van der Waals surface area contributed by atoms with Crippen LogP contribution < -0.4 is 5.32 Å². The molecule has 1 fully saturated rings. The van der Waals surface area contributed by atoms with Gasteiger partial charge in [-0.3, -0.25) is 9.59 Å². The van der Waals surface area contributed by atoms with Gasteiger partial charge in [0, 0.05) is 31.5 Å². The predicted molar refractivity (Wildman–Crippen MR) is 146 cm³/mol. The number of H-pyrrole nitrogens is 1. The van der Waals surface area contributed by atoms with Gasteiger partial charge < -0.3 is 15.2 Å². The molecular weight excluding hydrogens is 448 g/mol. The number of rotatable bonds is 12. The van der Waals surface area contributed by atoms with Crippen LogP contribution in [0.1, 0.15) is 70.0 Å². The standard InChI is InChI=1S/C30H40N4O2/c1-3-26(35)13-5-4-6-14-27(30(36)32-19-22-10-9-17-34(2)21-22)29-31-20-28(33-29)25-16-15-23-11-7-8-12-24(23)18-25/h7-8,11-12,15-16,18,20,22,27H,3-6,9-10,13-14,17,19,21H2,1-2H3,(H,31,33)(H,32,36). The van der Waals surface area contributed by atoms with E-state index in [0.29, 0.717) is 31.1 Å². The number of imidazole rings is 1. The third-order valence-electron chi connectivity index (χ3n) is 7.43. The van der Waals surface area contributed by atoms with E-state index in [-0.39, 0.29) is 11.8 Å². The van der Waals surface area contributed by atoms with Crippen molar-refractivity contribution in [3.8, 4) is 11.3 Å². The molecule has 2 atom stereocenters. The Morgan fingerprint density at radius 1 is 1.14 bits per heavy atom. The van der Waals surface area contributed by atoms with Crippen LogP contribution in [-0.4, -0.2) is 53.2 Å². The fraction of sp³-hybridized carbons (Fsp3) is 0.500. The van der Waals surface area contributed by atoms with Gasteiger partial charge in [-0.2, -0.15) is 0 Å². The third kappa shape index (κ3) is 7.03. The Balaban J connectivity index is 1.44. The molecule has 0 radical (unpaired) electrons. The molecular formula is C30H40N4O2. The maximum absolute atomic E-state index is 13.4. The first-order valence-electron chi connectivity index (χ1n) is 13.6. The topological polar surface area (TPSA) is 78.1 Å². The van der Waals surface area contributed by atoms with E-state index in [1.165, 1.54) is 17.2 Å². The van der Waals surface area contributed by atoms with Gasteiger partial charge in [0.2, 0.25) is 5.91 Å². The smallest absolute Gasteiger partial charge is 0.230 e. The molecule has 0 bridgehead atoms. The fourth-order valence-corrected chi connectivity index (χ4v) is 5.24. The molecule has 3 aromatic rings. The van der Waals surface area contributed by atoms with E-state index in [1.54, 1.807) is 0 Å². The first-order chi connectivity index (χ1) is 17.5. The van der Waals surface area contributed by atoms with Gasteiger partial charge >= 0.3 is 0 Å². The number of piperidine rings is 1. The average molecular weight is 489 g/mol. The van der Waals surface area contributed by atoms with Crippen molar-refractivity contribution in [1.82, 2.24) is 20.2 Å². The number of Topliss-reactive ketones (excluding diaryl/α,β-unsaturated/α-hetero) is 1. The molecule has 6 nitrogen and oxygen atoms in total. The maximum Gasteiger partial charge on any atom is 0.230 e. The van der Waals surface area contributed by atoms with Crippen LogP contribution in [0.4, 0.5) is 0 Å². The van der Waals surface area contributed by atoms with Crippen LogP contribution in [-0.2, 0) is 9.59 Å². The summed E-state index contributed by atoms with van der Waals surface area (Å²) in [6, 6.07) is 14.7. The van der Waals surface area contributed by atoms with Crippen LogP contribution in [0, 0.1) is 5.92 Å². The lowest BCUT2D eigenvalue weighted by Crippen LogP contribution is -2.40. The Morgan fingerprint density at radius 3 is 2.78 bits per heavy atom. The summed E-state index contributed by atoms with van der Waals surface area (Å²) < 4.78 is 0. The van der Waals surface area contributed by atoms with Gasteiger partial charge in [-0.15, -0.1) is 0 Å². The Morgan fingerprint density at radius 2 is 1.97 bits per heavy atom. The molecule has 2 N–H and O–H groups in total. The first kappa shape index (κ1) is 26.1. The summed E-state index contributed by atoms with van der Waals surface area (Å²) >= 11 is 0. The van der Waals surface area contributed by atoms with Gasteiger partial charge in [-0.05, 0) is 62.0 Å². The highest BCUT2D eigenvalue weighted by molar-refractivity contribution is 5.87. The summed E-state index contributed by atoms with van der Waals surface area (Å²) in [5.41, 5.74) is 1.99. The second kappa shape index (κ2) is 12.8. The number of hydrogen-bond acceptors (Lipinski definition) is 4. The minimum Gasteiger partial charge on any atom is -0.355 e. The zero-order chi connectivity index (χ0) is 25.3. The van der Waals surface area contributed by atoms with Gasteiger partial charge in [0.25, 0.3) is 0 Å². The van der Waals surface area contributed by atoms with E-state index >= 15 is 0 Å². The summed E-state index contributed by atoms with van der Waals surface area (Å²) in [5, 5.41) is 5.62. The molecule has 1 aromatic heterocycles. The highest BCUT2D eigenvalue weighted by atomic mass is 16.2. The van der Waals surface area contributed by atoms with E-state index in [9.17, 15) is 9.59 Å². The minimum atomic E-state index is -0.317. The SMILES string of the molecule is CCC(=O)CCCCCC(C(=O)NCC1CCCN(C)C1)c1ncc(-c2ccc3ccccc3c2)[nH]1. The molecule has 2 aromatic carbocycles. The number of nitrogens with one attached hydrogen (secondary N) is 2. The summed E-state index contributed by atoms with van der Waals surface area (Å²) in [6.07, 6.45) is 8.88. The second-order valence-corrected chi connectivity index (χ2v) is 10.3. The van der Waals surface area contributed by atoms with Crippen LogP contribution in [0.3, 0.4) is 0 Å². The van der Waals surface area contributed by atoms with Gasteiger partial charge in [0.15, 0.2) is 0 Å². The van der Waals surface area contributed by atoms with Crippen molar-refractivity contribution in [3.05, 3.63) is 54.5 Å². The lowest BCUT2D eigenvalue weighted by Gasteiger charge is -2.30. The van der Waals surface area contributed by atoms with E-state index < -0.39 is 0 Å². The van der Waals surface area contributed by atoms with Crippen LogP contribution in [0.2, 0.25) is 0 Å². The highest BCUT2D eigenvalue weighted by Gasteiger charge is 2.25. The van der Waals surface area contributed by atoms with Crippen LogP contribution >= 0.6 is 0 Å². The number of unbranched alkanes of at least 4 members (excludes halogenated alkanes) is 2. The molecule has 192 valence electrons. The lowest BCUT2D eigenvalue weighted by atomic mass is 9.96. The van der Waals surface area contributed by atoms with Crippen molar-refractivity contribution < 1.29 is 9.59 Å². The highest BCUT2D eigenvalue weighted by Crippen LogP contribution is 2.27. The molecule has 1 aliphatic heterocycles. The lowest BCUT2D eigenvalue weighted by molar-refractivity contribution is -0.123. The summed E-state index contributed by atoms with van der Waals surface area (Å²) in [4.78, 5) is 35.5. The van der Waals surface area contributed by atoms with Gasteiger partial charge in [-0.25, -0.2) is 4.98 Å². The summed E-state index contributed by atoms with van der Waals surface area (Å²) in [5.74, 6) is 1.27. The largest absolute Gasteiger partial charge is 0.355 e. The van der Waals surface area contributed by atoms with E-state index in [0.717, 1.165) is 62.3 Å². The number of carbonyl (C=O) groups is 2. The van der Waals surface area contributed by atoms with Crippen molar-refractivity contribution in [2.75, 3.05) is 26.7 Å². The normalized spacial score (nSPS) is 17.2. The molecule has 0 saturated carbocycles. The quantitative estimate of drug-likeness (QED) is 0.321. The Hall–Kier alpha value is -2.99. The Kier molecular flexibility index (Phi) is 9.29. The first-order valence-corrected chi connectivity index (χ1v) is 13.6. The average Bonchev–Trinajstić information content (AvgIpc) is 3.39. The Bertz CT molecular complexity index is 1150. The molecule has 1 saturated heterocycles. The van der Waals surface area contributed by atoms with Crippen molar-refractivity contribution >= 4 is 22.5 Å². The van der Waals surface area contributed by atoms with Gasteiger partial charge in [0.05, 0.1) is 17.8 Å². The van der Waals surface area contributed by atoms with E-state index in [2.05, 4.69) is 57.6 Å². The molecule has 2 heterocycles. The number of ketones is 1. The number of likely N-dealkylation sites (tertiary alicyclic amines) is 1. The maximum atomic E-state index is 13.4. The van der Waals surface area contributed by atoms with Crippen molar-refractivity contribution in [3.63, 3.8) is 0 Å². The predicted octanol–water partition coefficient (Wildman–Crippen LogP) is 5.70. The molecule has 2 unspecified atom stereocenters. The van der Waals surface area contributed by atoms with Crippen molar-refractivity contribution in [2.24, 2.45) is 5.92 Å². The molecule has 0 spiro atoms. The number of aromatic amines is 1. The third-order valence-corrected chi connectivity index (χ3v) is 7.43. The monoisotopic (exact) mass is 488 g/mol. The second-order valence-electron chi connectivity index (χ2n) is 10.3. The van der Waals surface area contributed by atoms with Gasteiger partial charge in [0.1, 0.15) is 11.6 Å². The number of carbonyl (C=O) groups excluding carboxylic acids is 2. The summed E-state index contributed by atoms with van der Waals surface area (Å²) in [6.45, 7) is 4.79. The zero-order valence-corrected chi connectivity index (χ0v) is 21.8. The number of benzene rings is 2. The van der Waals surface area contributed by atoms with Gasteiger partial charge in [-0.1, -0.05) is 56.2 Å². The number of fused-ring (bicyclic) bond motifs is 1. The molecule has 0 aliphatic carbocycles. The number of hydrogen-bond donors (Lipinski definition) is 2. The minimum absolute atomic E-state index is 0.0484. The molecule has 1 aliphatic rings. The van der Waals surface area contributed by atoms with E-state index in [4.69, 9.17) is 0 Å². The fourth-order valence-electron chi connectivity index (χ4n) is 5.24. The van der Waals surface area contributed by atoms with Crippen molar-refractivity contribution in [1.29, 1.82) is 0 Å². The number of amides is 1. The summed E-state index contributed by atoms with van der Waals surface area (Å²) in [7, 11) is 2.15. The molecule has 1 amide bonds. The molecule has 4 rings (SSSR count). The Labute approximate surface area is 214 Å². The zero-order valence-electron chi connectivity index (χ0n) is 21.8. The van der Waals surface area contributed by atoms with E-state index in [1.807, 2.05) is 25.3 Å². The van der Waals surface area contributed by atoms with Crippen LogP contribution in [0.25, 0.3) is 22.0 Å². The van der Waals surface area contributed by atoms with Crippen LogP contribution in [0.5, 0.6) is 0 Å². The molecule has 36 heavy (non-hydrogen) atoms. The van der Waals surface area contributed by atoms with Crippen LogP contribution in [0.15, 0.2) is 48.7 Å². The van der Waals surface area contributed by atoms with Crippen molar-refractivity contribution in [2.45, 2.75) is 64.2 Å².